The Morgan fingerprint density at radius 1 is 0.587 bits per heavy atom. The molecule has 0 fully saturated rings. The Morgan fingerprint density at radius 2 is 1.00 bits per heavy atom. The van der Waals surface area contributed by atoms with Crippen molar-refractivity contribution in [1.82, 2.24) is 4.57 Å². The topological polar surface area (TPSA) is 185 Å². The van der Waals surface area contributed by atoms with Gasteiger partial charge in [-0.05, 0) is 42.0 Å². The third-order valence-electron chi connectivity index (χ3n) is 10.1. The number of fused-ring (bicyclic) bond motifs is 9. The van der Waals surface area contributed by atoms with Crippen LogP contribution >= 0.6 is 45.3 Å². The third kappa shape index (κ3) is 5.95. The van der Waals surface area contributed by atoms with Crippen LogP contribution in [0.25, 0.3) is 50.4 Å². The molecule has 0 spiro atoms. The van der Waals surface area contributed by atoms with E-state index < -0.39 is 52.1 Å². The molecular formula is C44H13F4N7O4S4. The molecule has 63 heavy (non-hydrogen) atoms. The number of nitrogens with zero attached hydrogens (tertiary/aromatic N) is 7. The minimum absolute atomic E-state index is 0.0910. The zero-order chi connectivity index (χ0) is 44.0. The second-order valence-corrected chi connectivity index (χ2v) is 17.8. The lowest BCUT2D eigenvalue weighted by atomic mass is 10.0. The predicted molar refractivity (Wildman–Crippen MR) is 230 cm³/mol. The van der Waals surface area contributed by atoms with E-state index in [1.807, 2.05) is 6.07 Å². The zero-order valence-corrected chi connectivity index (χ0v) is 34.2. The molecule has 0 amide bonds. The number of carbonyl (C=O) groups is 3. The first kappa shape index (κ1) is 39.2. The Balaban J connectivity index is 1.15. The van der Waals surface area contributed by atoms with Gasteiger partial charge in [0.05, 0.1) is 39.2 Å². The van der Waals surface area contributed by atoms with E-state index >= 15 is 0 Å². The first-order valence-corrected chi connectivity index (χ1v) is 21.2. The maximum Gasteiger partial charge on any atom is 0.419 e. The van der Waals surface area contributed by atoms with Crippen molar-refractivity contribution in [2.75, 3.05) is 0 Å². The number of ketones is 2. The molecule has 5 aromatic heterocycles. The van der Waals surface area contributed by atoms with Gasteiger partial charge in [0.1, 0.15) is 63.5 Å². The molecule has 0 atom stereocenters. The first-order valence-electron chi connectivity index (χ1n) is 17.9. The number of hydrogen-bond donors (Lipinski definition) is 0. The van der Waals surface area contributed by atoms with Gasteiger partial charge in [0.25, 0.3) is 0 Å². The molecule has 11 nitrogen and oxygen atoms in total. The van der Waals surface area contributed by atoms with Gasteiger partial charge in [-0.2, -0.15) is 21.0 Å². The van der Waals surface area contributed by atoms with Crippen molar-refractivity contribution in [2.45, 2.75) is 6.61 Å². The molecule has 0 radical (unpaired) electrons. The summed E-state index contributed by atoms with van der Waals surface area (Å²) in [6.07, 6.45) is -0.757. The Kier molecular flexibility index (Phi) is 9.11. The van der Waals surface area contributed by atoms with E-state index in [4.69, 9.17) is 4.74 Å². The van der Waals surface area contributed by atoms with Gasteiger partial charge in [-0.3, -0.25) is 9.59 Å². The van der Waals surface area contributed by atoms with Crippen molar-refractivity contribution < 1.29 is 36.7 Å². The number of hydrogen-bond acceptors (Lipinski definition) is 14. The van der Waals surface area contributed by atoms with Gasteiger partial charge in [0.15, 0.2) is 23.3 Å². The molecule has 3 aromatic carbocycles. The summed E-state index contributed by atoms with van der Waals surface area (Å²) in [7, 11) is 0. The molecule has 0 N–H and O–H groups in total. The van der Waals surface area contributed by atoms with Crippen molar-refractivity contribution in [3.8, 4) is 24.3 Å². The summed E-state index contributed by atoms with van der Waals surface area (Å²) >= 11 is 4.78. The van der Waals surface area contributed by atoms with E-state index in [2.05, 4.69) is 9.98 Å². The van der Waals surface area contributed by atoms with Gasteiger partial charge in [-0.15, -0.1) is 45.3 Å². The van der Waals surface area contributed by atoms with Gasteiger partial charge in [-0.1, -0.05) is 30.3 Å². The molecular weight excluding hydrogens is 895 g/mol. The fraction of sp³-hybridized carbons (Fsp3) is 0.0227. The van der Waals surface area contributed by atoms with Crippen molar-refractivity contribution in [3.05, 3.63) is 129 Å². The summed E-state index contributed by atoms with van der Waals surface area (Å²) in [6, 6.07) is 22.0. The van der Waals surface area contributed by atoms with Crippen LogP contribution in [0.5, 0.6) is 0 Å². The highest BCUT2D eigenvalue weighted by molar-refractivity contribution is 7.39. The van der Waals surface area contributed by atoms with Crippen molar-refractivity contribution in [3.63, 3.8) is 0 Å². The second-order valence-electron chi connectivity index (χ2n) is 13.6. The lowest BCUT2D eigenvalue weighted by Crippen LogP contribution is -2.13. The zero-order valence-electron chi connectivity index (χ0n) is 31.0. The van der Waals surface area contributed by atoms with Crippen LogP contribution in [0, 0.1) is 68.6 Å². The Hall–Kier alpha value is -7.91. The van der Waals surface area contributed by atoms with Gasteiger partial charge in [0, 0.05) is 33.4 Å². The highest BCUT2D eigenvalue weighted by atomic mass is 32.1. The van der Waals surface area contributed by atoms with Crippen LogP contribution in [0.2, 0.25) is 0 Å². The molecule has 10 rings (SSSR count). The number of benzene rings is 3. The van der Waals surface area contributed by atoms with Crippen LogP contribution in [-0.2, 0) is 11.3 Å². The van der Waals surface area contributed by atoms with E-state index in [0.717, 1.165) is 34.8 Å². The number of allylic oxidation sites excluding steroid dienone is 4. The van der Waals surface area contributed by atoms with Crippen LogP contribution in [0.3, 0.4) is 0 Å². The highest BCUT2D eigenvalue weighted by Crippen LogP contribution is 2.53. The third-order valence-corrected chi connectivity index (χ3v) is 14.9. The number of Topliss-reactive ketones (excluding diaryl/α,β-unsaturated/α-hetero) is 2. The number of halogens is 4. The summed E-state index contributed by atoms with van der Waals surface area (Å²) in [5, 5.41) is 39.4. The summed E-state index contributed by atoms with van der Waals surface area (Å²) in [5.41, 5.74) is -1.50. The highest BCUT2D eigenvalue weighted by Gasteiger charge is 2.38. The normalized spacial score (nSPS) is 14.5. The average Bonchev–Trinajstić information content (AvgIpc) is 4.13. The smallest absolute Gasteiger partial charge is 0.419 e. The fourth-order valence-electron chi connectivity index (χ4n) is 7.46. The van der Waals surface area contributed by atoms with E-state index in [1.165, 1.54) is 27.2 Å². The molecule has 0 bridgehead atoms. The van der Waals surface area contributed by atoms with Crippen LogP contribution in [0.4, 0.5) is 32.4 Å². The minimum atomic E-state index is -1.30. The summed E-state index contributed by atoms with van der Waals surface area (Å²) < 4.78 is 68.4. The van der Waals surface area contributed by atoms with Crippen LogP contribution in [-0.4, -0.2) is 33.7 Å². The number of aromatic nitrogens is 1. The predicted octanol–water partition coefficient (Wildman–Crippen LogP) is 11.6. The lowest BCUT2D eigenvalue weighted by molar-refractivity contribution is 0.106. The number of nitriles is 4. The number of ether oxygens (including phenoxy) is 1. The van der Waals surface area contributed by atoms with Crippen LogP contribution < -0.4 is 0 Å². The summed E-state index contributed by atoms with van der Waals surface area (Å²) in [5.74, 6) is -6.80. The minimum Gasteiger partial charge on any atom is -0.444 e. The fourth-order valence-corrected chi connectivity index (χ4v) is 12.6. The molecule has 0 unspecified atom stereocenters. The number of aliphatic imine (C=N–C) groups is 2. The van der Waals surface area contributed by atoms with Crippen molar-refractivity contribution >= 4 is 135 Å². The van der Waals surface area contributed by atoms with Crippen molar-refractivity contribution in [1.29, 1.82) is 21.0 Å². The van der Waals surface area contributed by atoms with E-state index in [1.54, 1.807) is 60.7 Å². The maximum atomic E-state index is 14.4. The average molecular weight is 908 g/mol. The number of carbonyl (C=O) groups excluding carboxylic acids is 3. The lowest BCUT2D eigenvalue weighted by Gasteiger charge is -2.07. The quantitative estimate of drug-likeness (QED) is 0.123. The Morgan fingerprint density at radius 3 is 1.41 bits per heavy atom. The van der Waals surface area contributed by atoms with Crippen LogP contribution in [0.15, 0.2) is 87.9 Å². The van der Waals surface area contributed by atoms with E-state index in [0.29, 0.717) is 56.9 Å². The van der Waals surface area contributed by atoms with E-state index in [9.17, 15) is 53.0 Å². The standard InChI is InChI=1S/C44H13F4N7O4S4/c45-24-6-20-22(8-26(24)47)38(56)34(32(20)18(12-49)13-50)53-30-10-28-40(62-30)36-42(60-28)43-37(55(36)44(58)59-16-17-4-2-1-3-5-17)41-29(61-43)11-31(63-41)54-35-33(19(14-51)15-52)21-7-25(46)27(48)9-23(21)39(35)57/h1-11H,16H2/b53-34-,54-35+. The molecule has 2 aliphatic rings. The number of thiophene rings is 4. The monoisotopic (exact) mass is 907 g/mol. The summed E-state index contributed by atoms with van der Waals surface area (Å²) in [4.78, 5) is 50.6. The molecule has 8 aromatic rings. The molecule has 0 saturated heterocycles. The Bertz CT molecular complexity index is 3550. The Labute approximate surface area is 365 Å². The molecule has 2 aliphatic carbocycles. The second kappa shape index (κ2) is 14.6. The summed E-state index contributed by atoms with van der Waals surface area (Å²) in [6.45, 7) is -0.0910. The van der Waals surface area contributed by atoms with Crippen LogP contribution in [0.1, 0.15) is 37.4 Å². The molecule has 5 heterocycles. The van der Waals surface area contributed by atoms with Gasteiger partial charge < -0.3 is 4.74 Å². The van der Waals surface area contributed by atoms with Gasteiger partial charge in [-0.25, -0.2) is 36.9 Å². The van der Waals surface area contributed by atoms with E-state index in [-0.39, 0.29) is 61.4 Å². The largest absolute Gasteiger partial charge is 0.444 e. The van der Waals surface area contributed by atoms with Crippen molar-refractivity contribution in [2.24, 2.45) is 9.98 Å². The molecule has 19 heteroatoms. The SMILES string of the molecule is N#CC(C#N)=C1/C(=N/c2cc3sc4c5sc6cc(/N=C7/C(=O)c8cc(F)c(F)cc8C7=C(C#N)C#N)sc6c5n(C(=O)OCc5ccccc5)c4c3s2)C(=O)c2cc(F)c(F)cc21. The molecule has 0 aliphatic heterocycles. The van der Waals surface area contributed by atoms with Gasteiger partial charge >= 0.3 is 6.09 Å². The molecule has 0 saturated carbocycles. The molecule has 300 valence electrons. The number of rotatable bonds is 4. The first-order chi connectivity index (χ1) is 30.4. The van der Waals surface area contributed by atoms with Gasteiger partial charge in [0.2, 0.25) is 11.6 Å². The maximum absolute atomic E-state index is 14.4.